The minimum atomic E-state index is 0.454. The van der Waals surface area contributed by atoms with Crippen molar-refractivity contribution >= 4 is 11.6 Å². The standard InChI is InChI=1S/C11H14N6/c1-7-4-14-9(5-13-7)6-15-11-3-10(12)16-8(2)17-11/h3-5H,6H2,1-2H3,(H3,12,15,16,17). The Labute approximate surface area is 99.4 Å². The molecule has 0 bridgehead atoms. The highest BCUT2D eigenvalue weighted by Crippen LogP contribution is 2.08. The topological polar surface area (TPSA) is 89.6 Å². The molecule has 0 aliphatic rings. The van der Waals surface area contributed by atoms with E-state index in [2.05, 4.69) is 25.3 Å². The maximum atomic E-state index is 5.63. The number of nitrogens with two attached hydrogens (primary N) is 1. The molecule has 3 N–H and O–H groups in total. The van der Waals surface area contributed by atoms with Crippen LogP contribution in [-0.2, 0) is 6.54 Å². The molecule has 0 saturated heterocycles. The molecule has 2 aromatic heterocycles. The van der Waals surface area contributed by atoms with Crippen LogP contribution < -0.4 is 11.1 Å². The van der Waals surface area contributed by atoms with Crippen LogP contribution in [0.1, 0.15) is 17.2 Å². The smallest absolute Gasteiger partial charge is 0.132 e. The van der Waals surface area contributed by atoms with Gasteiger partial charge in [0.15, 0.2) is 0 Å². The third kappa shape index (κ3) is 3.10. The van der Waals surface area contributed by atoms with Gasteiger partial charge in [0, 0.05) is 12.3 Å². The number of aryl methyl sites for hydroxylation is 2. The molecule has 0 aromatic carbocycles. The van der Waals surface area contributed by atoms with Crippen LogP contribution >= 0.6 is 0 Å². The molecule has 0 aliphatic carbocycles. The van der Waals surface area contributed by atoms with Crippen molar-refractivity contribution in [2.24, 2.45) is 0 Å². The summed E-state index contributed by atoms with van der Waals surface area (Å²) in [4.78, 5) is 16.6. The number of aromatic nitrogens is 4. The molecule has 88 valence electrons. The predicted octanol–water partition coefficient (Wildman–Crippen LogP) is 1.08. The van der Waals surface area contributed by atoms with Gasteiger partial charge < -0.3 is 11.1 Å². The molecule has 6 heteroatoms. The fourth-order valence-electron chi connectivity index (χ4n) is 1.37. The Morgan fingerprint density at radius 2 is 2.00 bits per heavy atom. The zero-order valence-corrected chi connectivity index (χ0v) is 9.81. The van der Waals surface area contributed by atoms with Gasteiger partial charge in [-0.05, 0) is 13.8 Å². The van der Waals surface area contributed by atoms with E-state index >= 15 is 0 Å². The highest BCUT2D eigenvalue weighted by Gasteiger charge is 2.00. The Hall–Kier alpha value is -2.24. The van der Waals surface area contributed by atoms with Gasteiger partial charge >= 0.3 is 0 Å². The Kier molecular flexibility index (Phi) is 3.13. The summed E-state index contributed by atoms with van der Waals surface area (Å²) in [6.07, 6.45) is 3.47. The van der Waals surface area contributed by atoms with Crippen LogP contribution in [0.3, 0.4) is 0 Å². The molecule has 6 nitrogen and oxygen atoms in total. The van der Waals surface area contributed by atoms with E-state index in [1.165, 1.54) is 0 Å². The average molecular weight is 230 g/mol. The second-order valence-electron chi connectivity index (χ2n) is 3.73. The first kappa shape index (κ1) is 11.3. The molecule has 0 amide bonds. The zero-order chi connectivity index (χ0) is 12.3. The van der Waals surface area contributed by atoms with Crippen molar-refractivity contribution in [1.29, 1.82) is 0 Å². The van der Waals surface area contributed by atoms with Gasteiger partial charge in [-0.25, -0.2) is 9.97 Å². The van der Waals surface area contributed by atoms with Gasteiger partial charge in [0.25, 0.3) is 0 Å². The summed E-state index contributed by atoms with van der Waals surface area (Å²) < 4.78 is 0. The largest absolute Gasteiger partial charge is 0.384 e. The molecule has 2 rings (SSSR count). The van der Waals surface area contributed by atoms with Crippen molar-refractivity contribution in [1.82, 2.24) is 19.9 Å². The molecular formula is C11H14N6. The lowest BCUT2D eigenvalue weighted by atomic mass is 10.4. The van der Waals surface area contributed by atoms with E-state index in [0.29, 0.717) is 24.0 Å². The number of anilines is 2. The summed E-state index contributed by atoms with van der Waals surface area (Å²) in [6, 6.07) is 1.69. The van der Waals surface area contributed by atoms with Crippen molar-refractivity contribution in [3.8, 4) is 0 Å². The van der Waals surface area contributed by atoms with Crippen molar-refractivity contribution in [3.05, 3.63) is 35.7 Å². The summed E-state index contributed by atoms with van der Waals surface area (Å²) in [6.45, 7) is 4.26. The molecule has 0 fully saturated rings. The van der Waals surface area contributed by atoms with Crippen LogP contribution in [0.4, 0.5) is 11.6 Å². The van der Waals surface area contributed by atoms with E-state index in [-0.39, 0.29) is 0 Å². The first-order chi connectivity index (χ1) is 8.13. The quantitative estimate of drug-likeness (QED) is 0.820. The second-order valence-corrected chi connectivity index (χ2v) is 3.73. The number of rotatable bonds is 3. The maximum absolute atomic E-state index is 5.63. The SMILES string of the molecule is Cc1cnc(CNc2cc(N)nc(C)n2)cn1. The summed E-state index contributed by atoms with van der Waals surface area (Å²) in [5.41, 5.74) is 7.38. The summed E-state index contributed by atoms with van der Waals surface area (Å²) >= 11 is 0. The van der Waals surface area contributed by atoms with Gasteiger partial charge in [-0.1, -0.05) is 0 Å². The van der Waals surface area contributed by atoms with Gasteiger partial charge in [-0.2, -0.15) is 0 Å². The van der Waals surface area contributed by atoms with Gasteiger partial charge in [-0.15, -0.1) is 0 Å². The number of nitrogens with zero attached hydrogens (tertiary/aromatic N) is 4. The van der Waals surface area contributed by atoms with Crippen molar-refractivity contribution < 1.29 is 0 Å². The molecule has 0 saturated carbocycles. The molecule has 0 aliphatic heterocycles. The van der Waals surface area contributed by atoms with Gasteiger partial charge in [0.1, 0.15) is 17.5 Å². The Bertz CT molecular complexity index is 488. The molecule has 17 heavy (non-hydrogen) atoms. The minimum Gasteiger partial charge on any atom is -0.384 e. The first-order valence-electron chi connectivity index (χ1n) is 5.26. The fourth-order valence-corrected chi connectivity index (χ4v) is 1.37. The van der Waals surface area contributed by atoms with Gasteiger partial charge in [-0.3, -0.25) is 9.97 Å². The molecule has 0 unspecified atom stereocenters. The lowest BCUT2D eigenvalue weighted by Crippen LogP contribution is -2.06. The molecule has 2 aromatic rings. The second kappa shape index (κ2) is 4.73. The van der Waals surface area contributed by atoms with Crippen LogP contribution in [-0.4, -0.2) is 19.9 Å². The third-order valence-corrected chi connectivity index (χ3v) is 2.14. The summed E-state index contributed by atoms with van der Waals surface area (Å²) in [5.74, 6) is 1.79. The Balaban J connectivity index is 2.04. The van der Waals surface area contributed by atoms with Crippen LogP contribution in [0.15, 0.2) is 18.5 Å². The van der Waals surface area contributed by atoms with Crippen molar-refractivity contribution in [2.45, 2.75) is 20.4 Å². The molecular weight excluding hydrogens is 216 g/mol. The predicted molar refractivity (Wildman–Crippen MR) is 65.3 cm³/mol. The van der Waals surface area contributed by atoms with Crippen LogP contribution in [0.2, 0.25) is 0 Å². The molecule has 0 spiro atoms. The van der Waals surface area contributed by atoms with E-state index in [9.17, 15) is 0 Å². The highest BCUT2D eigenvalue weighted by atomic mass is 15.0. The number of hydrogen-bond acceptors (Lipinski definition) is 6. The van der Waals surface area contributed by atoms with Crippen LogP contribution in [0, 0.1) is 13.8 Å². The van der Waals surface area contributed by atoms with Crippen molar-refractivity contribution in [3.63, 3.8) is 0 Å². The molecule has 0 atom stereocenters. The van der Waals surface area contributed by atoms with E-state index < -0.39 is 0 Å². The van der Waals surface area contributed by atoms with E-state index in [1.54, 1.807) is 25.4 Å². The normalized spacial score (nSPS) is 10.2. The zero-order valence-electron chi connectivity index (χ0n) is 9.81. The fraction of sp³-hybridized carbons (Fsp3) is 0.273. The monoisotopic (exact) mass is 230 g/mol. The Morgan fingerprint density at radius 3 is 2.65 bits per heavy atom. The van der Waals surface area contributed by atoms with Gasteiger partial charge in [0.05, 0.1) is 24.1 Å². The van der Waals surface area contributed by atoms with Crippen LogP contribution in [0.25, 0.3) is 0 Å². The molecule has 2 heterocycles. The minimum absolute atomic E-state index is 0.454. The highest BCUT2D eigenvalue weighted by molar-refractivity contribution is 5.44. The summed E-state index contributed by atoms with van der Waals surface area (Å²) in [7, 11) is 0. The number of hydrogen-bond donors (Lipinski definition) is 2. The number of nitrogen functional groups attached to an aromatic ring is 1. The first-order valence-corrected chi connectivity index (χ1v) is 5.26. The van der Waals surface area contributed by atoms with E-state index in [0.717, 1.165) is 11.4 Å². The third-order valence-electron chi connectivity index (χ3n) is 2.14. The van der Waals surface area contributed by atoms with Gasteiger partial charge in [0.2, 0.25) is 0 Å². The maximum Gasteiger partial charge on any atom is 0.132 e. The lowest BCUT2D eigenvalue weighted by Gasteiger charge is -2.06. The van der Waals surface area contributed by atoms with E-state index in [1.807, 2.05) is 6.92 Å². The summed E-state index contributed by atoms with van der Waals surface area (Å²) in [5, 5.41) is 3.13. The lowest BCUT2D eigenvalue weighted by molar-refractivity contribution is 0.964. The average Bonchev–Trinajstić information content (AvgIpc) is 2.27. The molecule has 0 radical (unpaired) electrons. The van der Waals surface area contributed by atoms with Crippen LogP contribution in [0.5, 0.6) is 0 Å². The van der Waals surface area contributed by atoms with E-state index in [4.69, 9.17) is 5.73 Å². The Morgan fingerprint density at radius 1 is 1.18 bits per heavy atom. The van der Waals surface area contributed by atoms with Crippen molar-refractivity contribution in [2.75, 3.05) is 11.1 Å². The number of nitrogens with one attached hydrogen (secondary N) is 1.